The second-order valence-corrected chi connectivity index (χ2v) is 4.57. The number of nitrogens with zero attached hydrogens (tertiary/aromatic N) is 2. The number of hydrogen-bond donors (Lipinski definition) is 2. The molecule has 7 heteroatoms. The molecule has 0 aliphatic carbocycles. The number of hydrogen-bond acceptors (Lipinski definition) is 7. The van der Waals surface area contributed by atoms with Crippen LogP contribution in [-0.2, 0) is 11.3 Å². The van der Waals surface area contributed by atoms with Crippen molar-refractivity contribution in [2.75, 3.05) is 27.1 Å². The molecule has 22 heavy (non-hydrogen) atoms. The van der Waals surface area contributed by atoms with Gasteiger partial charge < -0.3 is 25.1 Å². The average molecular weight is 305 g/mol. The Morgan fingerprint density at radius 3 is 2.32 bits per heavy atom. The summed E-state index contributed by atoms with van der Waals surface area (Å²) in [5.74, 6) is 0.748. The molecule has 7 nitrogen and oxygen atoms in total. The maximum Gasteiger partial charge on any atom is 0.220 e. The minimum atomic E-state index is -1.10. The van der Waals surface area contributed by atoms with Crippen LogP contribution in [0.15, 0.2) is 24.3 Å². The fraction of sp³-hybridized carbons (Fsp3) is 0.333. The van der Waals surface area contributed by atoms with Crippen LogP contribution < -0.4 is 15.2 Å². The summed E-state index contributed by atoms with van der Waals surface area (Å²) in [7, 11) is 4.54. The molecular formula is C15H19N3O4. The number of para-hydroxylation sites is 1. The Morgan fingerprint density at radius 2 is 1.77 bits per heavy atom. The molecule has 0 amide bonds. The highest BCUT2D eigenvalue weighted by Crippen LogP contribution is 2.29. The number of rotatable bonds is 6. The third-order valence-corrected chi connectivity index (χ3v) is 3.18. The van der Waals surface area contributed by atoms with E-state index in [9.17, 15) is 5.11 Å². The first kappa shape index (κ1) is 16.0. The zero-order valence-corrected chi connectivity index (χ0v) is 12.7. The van der Waals surface area contributed by atoms with Crippen molar-refractivity contribution in [3.8, 4) is 11.8 Å². The highest BCUT2D eigenvalue weighted by Gasteiger charge is 2.20. The molecule has 2 rings (SSSR count). The predicted octanol–water partition coefficient (Wildman–Crippen LogP) is 1.30. The number of benzene rings is 1. The van der Waals surface area contributed by atoms with Crippen molar-refractivity contribution < 1.29 is 19.3 Å². The zero-order valence-electron chi connectivity index (χ0n) is 12.7. The number of anilines is 1. The highest BCUT2D eigenvalue weighted by atomic mass is 16.5. The van der Waals surface area contributed by atoms with E-state index < -0.39 is 6.10 Å². The van der Waals surface area contributed by atoms with E-state index in [0.29, 0.717) is 29.6 Å². The maximum atomic E-state index is 10.5. The highest BCUT2D eigenvalue weighted by molar-refractivity contribution is 5.55. The minimum Gasteiger partial charge on any atom is -0.481 e. The van der Waals surface area contributed by atoms with E-state index in [1.165, 1.54) is 20.3 Å². The Labute approximate surface area is 128 Å². The van der Waals surface area contributed by atoms with Gasteiger partial charge in [-0.1, -0.05) is 18.2 Å². The number of nitrogens with two attached hydrogens (primary N) is 1. The summed E-state index contributed by atoms with van der Waals surface area (Å²) < 4.78 is 15.3. The number of nitrogen functional groups attached to an aromatic ring is 1. The van der Waals surface area contributed by atoms with Crippen LogP contribution in [-0.4, -0.2) is 36.4 Å². The van der Waals surface area contributed by atoms with Gasteiger partial charge in [0.15, 0.2) is 5.82 Å². The van der Waals surface area contributed by atoms with E-state index in [1.54, 1.807) is 19.2 Å². The van der Waals surface area contributed by atoms with Crippen molar-refractivity contribution in [2.24, 2.45) is 0 Å². The van der Waals surface area contributed by atoms with Crippen molar-refractivity contribution >= 4 is 5.69 Å². The van der Waals surface area contributed by atoms with Crippen LogP contribution in [0.3, 0.4) is 0 Å². The Balaban J connectivity index is 2.43. The second-order valence-electron chi connectivity index (χ2n) is 4.57. The summed E-state index contributed by atoms with van der Waals surface area (Å²) in [6.07, 6.45) is -1.10. The van der Waals surface area contributed by atoms with Crippen LogP contribution in [0, 0.1) is 0 Å². The van der Waals surface area contributed by atoms with E-state index >= 15 is 0 Å². The summed E-state index contributed by atoms with van der Waals surface area (Å²) in [5, 5.41) is 10.5. The van der Waals surface area contributed by atoms with Crippen molar-refractivity contribution in [1.29, 1.82) is 0 Å². The van der Waals surface area contributed by atoms with E-state index in [4.69, 9.17) is 19.9 Å². The molecule has 1 atom stereocenters. The molecule has 1 heterocycles. The second kappa shape index (κ2) is 7.06. The third kappa shape index (κ3) is 3.26. The van der Waals surface area contributed by atoms with Gasteiger partial charge in [0.05, 0.1) is 26.9 Å². The SMILES string of the molecule is COCc1cccc([C@@H](O)c2nc(OC)cc(OC)n2)c1N. The number of aromatic nitrogens is 2. The lowest BCUT2D eigenvalue weighted by Gasteiger charge is -2.16. The molecule has 2 aromatic rings. The number of methoxy groups -OCH3 is 3. The van der Waals surface area contributed by atoms with Crippen LogP contribution in [0.5, 0.6) is 11.8 Å². The molecule has 0 spiro atoms. The van der Waals surface area contributed by atoms with Gasteiger partial charge in [-0.25, -0.2) is 0 Å². The summed E-state index contributed by atoms with van der Waals surface area (Å²) in [5.41, 5.74) is 7.83. The summed E-state index contributed by atoms with van der Waals surface area (Å²) in [4.78, 5) is 8.29. The maximum absolute atomic E-state index is 10.5. The van der Waals surface area contributed by atoms with Crippen LogP contribution >= 0.6 is 0 Å². The largest absolute Gasteiger partial charge is 0.481 e. The molecular weight excluding hydrogens is 286 g/mol. The Kier molecular flexibility index (Phi) is 5.13. The van der Waals surface area contributed by atoms with Crippen molar-refractivity contribution in [3.05, 3.63) is 41.2 Å². The molecule has 0 saturated carbocycles. The zero-order chi connectivity index (χ0) is 16.1. The topological polar surface area (TPSA) is 99.7 Å². The van der Waals surface area contributed by atoms with Crippen molar-refractivity contribution in [1.82, 2.24) is 9.97 Å². The monoisotopic (exact) mass is 305 g/mol. The fourth-order valence-electron chi connectivity index (χ4n) is 2.04. The lowest BCUT2D eigenvalue weighted by Crippen LogP contribution is -2.11. The summed E-state index contributed by atoms with van der Waals surface area (Å²) >= 11 is 0. The van der Waals surface area contributed by atoms with E-state index in [-0.39, 0.29) is 5.82 Å². The molecule has 0 saturated heterocycles. The van der Waals surface area contributed by atoms with Gasteiger partial charge in [0, 0.05) is 23.9 Å². The molecule has 0 aliphatic rings. The third-order valence-electron chi connectivity index (χ3n) is 3.18. The number of aliphatic hydroxyl groups is 1. The lowest BCUT2D eigenvalue weighted by atomic mass is 10.0. The first-order valence-corrected chi connectivity index (χ1v) is 6.62. The molecule has 0 bridgehead atoms. The van der Waals surface area contributed by atoms with Crippen LogP contribution in [0.1, 0.15) is 23.1 Å². The quantitative estimate of drug-likeness (QED) is 0.776. The minimum absolute atomic E-state index is 0.150. The fourth-order valence-corrected chi connectivity index (χ4v) is 2.04. The van der Waals surface area contributed by atoms with Gasteiger partial charge >= 0.3 is 0 Å². The molecule has 0 fully saturated rings. The van der Waals surface area contributed by atoms with Crippen LogP contribution in [0.2, 0.25) is 0 Å². The Morgan fingerprint density at radius 1 is 1.14 bits per heavy atom. The van der Waals surface area contributed by atoms with Gasteiger partial charge in [-0.2, -0.15) is 9.97 Å². The molecule has 0 unspecified atom stereocenters. The van der Waals surface area contributed by atoms with Gasteiger partial charge in [0.2, 0.25) is 11.8 Å². The molecule has 1 aromatic heterocycles. The molecule has 3 N–H and O–H groups in total. The molecule has 1 aromatic carbocycles. The van der Waals surface area contributed by atoms with Crippen molar-refractivity contribution in [3.63, 3.8) is 0 Å². The normalized spacial score (nSPS) is 12.0. The standard InChI is InChI=1S/C15H19N3O4/c1-20-8-9-5-4-6-10(13(9)16)14(19)15-17-11(21-2)7-12(18-15)22-3/h4-7,14,19H,8,16H2,1-3H3/t14-/m1/s1. The first-order valence-electron chi connectivity index (χ1n) is 6.62. The summed E-state index contributed by atoms with van der Waals surface area (Å²) in [6, 6.07) is 6.87. The first-order chi connectivity index (χ1) is 10.6. The Bertz CT molecular complexity index is 626. The van der Waals surface area contributed by atoms with Gasteiger partial charge in [0.25, 0.3) is 0 Å². The molecule has 118 valence electrons. The average Bonchev–Trinajstić information content (AvgIpc) is 2.55. The summed E-state index contributed by atoms with van der Waals surface area (Å²) in [6.45, 7) is 0.356. The van der Waals surface area contributed by atoms with Crippen LogP contribution in [0.4, 0.5) is 5.69 Å². The smallest absolute Gasteiger partial charge is 0.220 e. The Hall–Kier alpha value is -2.38. The van der Waals surface area contributed by atoms with Gasteiger partial charge in [0.1, 0.15) is 6.10 Å². The van der Waals surface area contributed by atoms with Gasteiger partial charge in [-0.15, -0.1) is 0 Å². The van der Waals surface area contributed by atoms with E-state index in [2.05, 4.69) is 9.97 Å². The lowest BCUT2D eigenvalue weighted by molar-refractivity contribution is 0.184. The molecule has 0 radical (unpaired) electrons. The number of ether oxygens (including phenoxy) is 3. The van der Waals surface area contributed by atoms with Gasteiger partial charge in [-0.05, 0) is 0 Å². The van der Waals surface area contributed by atoms with E-state index in [0.717, 1.165) is 5.56 Å². The number of aliphatic hydroxyl groups excluding tert-OH is 1. The van der Waals surface area contributed by atoms with Crippen LogP contribution in [0.25, 0.3) is 0 Å². The van der Waals surface area contributed by atoms with Crippen molar-refractivity contribution in [2.45, 2.75) is 12.7 Å². The van der Waals surface area contributed by atoms with Gasteiger partial charge in [-0.3, -0.25) is 0 Å². The predicted molar refractivity (Wildman–Crippen MR) is 80.8 cm³/mol. The molecule has 0 aliphatic heterocycles. The van der Waals surface area contributed by atoms with E-state index in [1.807, 2.05) is 6.07 Å².